The van der Waals surface area contributed by atoms with Crippen molar-refractivity contribution in [1.82, 2.24) is 0 Å². The largest absolute Gasteiger partial charge is 0.0733 e. The number of alkyl halides is 1. The first-order chi connectivity index (χ1) is 10.9. The first kappa shape index (κ1) is 21.3. The van der Waals surface area contributed by atoms with Gasteiger partial charge in [0.2, 0.25) is 0 Å². The molecule has 142 valence electrons. The maximum absolute atomic E-state index is 2.77. The molecule has 3 rings (SSSR count). The Morgan fingerprint density at radius 1 is 0.480 bits per heavy atom. The Labute approximate surface area is 170 Å². The number of hydrogen-bond acceptors (Lipinski definition) is 0. The first-order valence-corrected chi connectivity index (χ1v) is 10.8. The van der Waals surface area contributed by atoms with Crippen LogP contribution < -0.4 is 0 Å². The molecule has 0 radical (unpaired) electrons. The van der Waals surface area contributed by atoms with Crippen LogP contribution in [-0.2, 0) is 0 Å². The van der Waals surface area contributed by atoms with Crippen molar-refractivity contribution in [3.05, 3.63) is 33.4 Å². The zero-order chi connectivity index (χ0) is 20.0. The minimum Gasteiger partial charge on any atom is -0.0733 e. The predicted octanol–water partition coefficient (Wildman–Crippen LogP) is 8.28. The molecule has 0 aromatic rings. The Morgan fingerprint density at radius 3 is 1.28 bits per heavy atom. The van der Waals surface area contributed by atoms with E-state index in [0.29, 0.717) is 0 Å². The van der Waals surface area contributed by atoms with Gasteiger partial charge in [0.15, 0.2) is 0 Å². The van der Waals surface area contributed by atoms with E-state index in [-0.39, 0.29) is 25.1 Å². The number of fused-ring (bicyclic) bond motifs is 3. The van der Waals surface area contributed by atoms with E-state index >= 15 is 0 Å². The molecule has 0 N–H and O–H groups in total. The van der Waals surface area contributed by atoms with Crippen LogP contribution in [0.15, 0.2) is 33.4 Å². The Balaban J connectivity index is 3.28. The molecule has 3 aliphatic carbocycles. The van der Waals surface area contributed by atoms with Crippen LogP contribution in [0.1, 0.15) is 90.0 Å². The van der Waals surface area contributed by atoms with E-state index in [4.69, 9.17) is 0 Å². The van der Waals surface area contributed by atoms with Gasteiger partial charge in [0.1, 0.15) is 0 Å². The van der Waals surface area contributed by atoms with Gasteiger partial charge in [-0.3, -0.25) is 0 Å². The molecular formula is C24H39I. The second-order valence-corrected chi connectivity index (χ2v) is 12.4. The van der Waals surface area contributed by atoms with Crippen molar-refractivity contribution < 1.29 is 0 Å². The number of rotatable bonds is 0. The highest BCUT2D eigenvalue weighted by Crippen LogP contribution is 2.70. The van der Waals surface area contributed by atoms with Crippen molar-refractivity contribution in [3.8, 4) is 0 Å². The Kier molecular flexibility index (Phi) is 4.66. The lowest BCUT2D eigenvalue weighted by Crippen LogP contribution is -2.57. The van der Waals surface area contributed by atoms with Gasteiger partial charge in [0, 0.05) is 10.8 Å². The second-order valence-electron chi connectivity index (χ2n) is 10.3. The summed E-state index contributed by atoms with van der Waals surface area (Å²) in [5, 5.41) is 0. The van der Waals surface area contributed by atoms with Gasteiger partial charge in [-0.15, -0.1) is 0 Å². The molecule has 25 heavy (non-hydrogen) atoms. The highest BCUT2D eigenvalue weighted by atomic mass is 127. The molecule has 2 bridgehead atoms. The van der Waals surface area contributed by atoms with Crippen LogP contribution in [0.25, 0.3) is 0 Å². The maximum atomic E-state index is 2.77. The Bertz CT molecular complexity index is 681. The zero-order valence-corrected chi connectivity index (χ0v) is 21.0. The van der Waals surface area contributed by atoms with Gasteiger partial charge in [0.25, 0.3) is 0 Å². The van der Waals surface area contributed by atoms with Crippen LogP contribution >= 0.6 is 22.6 Å². The van der Waals surface area contributed by atoms with Gasteiger partial charge in [-0.25, -0.2) is 0 Å². The lowest BCUT2D eigenvalue weighted by atomic mass is 9.43. The lowest BCUT2D eigenvalue weighted by molar-refractivity contribution is 0.105. The molecule has 0 fully saturated rings. The zero-order valence-electron chi connectivity index (χ0n) is 18.9. The van der Waals surface area contributed by atoms with E-state index in [9.17, 15) is 0 Å². The fraction of sp³-hybridized carbons (Fsp3) is 0.750. The third-order valence-electron chi connectivity index (χ3n) is 9.96. The smallest absolute Gasteiger partial charge is 0.0501 e. The fourth-order valence-electron chi connectivity index (χ4n) is 6.17. The molecule has 0 amide bonds. The third kappa shape index (κ3) is 2.05. The van der Waals surface area contributed by atoms with Gasteiger partial charge in [-0.2, -0.15) is 0 Å². The number of hydrogen-bond donors (Lipinski definition) is 0. The number of halogens is 1. The quantitative estimate of drug-likeness (QED) is 0.196. The summed E-state index contributed by atoms with van der Waals surface area (Å²) in [5.74, 6) is 0. The van der Waals surface area contributed by atoms with Gasteiger partial charge in [-0.1, -0.05) is 97.6 Å². The first-order valence-electron chi connectivity index (χ1n) is 9.69. The average molecular weight is 454 g/mol. The van der Waals surface area contributed by atoms with Gasteiger partial charge >= 0.3 is 0 Å². The molecule has 0 nitrogen and oxygen atoms in total. The molecule has 3 aliphatic rings. The van der Waals surface area contributed by atoms with Crippen LogP contribution in [0.2, 0.25) is 0 Å². The molecule has 3 atom stereocenters. The van der Waals surface area contributed by atoms with Crippen molar-refractivity contribution in [2.24, 2.45) is 21.7 Å². The molecule has 0 saturated carbocycles. The molecule has 3 unspecified atom stereocenters. The molecule has 0 saturated heterocycles. The van der Waals surface area contributed by atoms with Crippen molar-refractivity contribution in [2.75, 3.05) is 0 Å². The predicted molar refractivity (Wildman–Crippen MR) is 121 cm³/mol. The fourth-order valence-corrected chi connectivity index (χ4v) is 7.65. The lowest BCUT2D eigenvalue weighted by Gasteiger charge is -2.64. The number of allylic oxidation sites excluding steroid dienone is 6. The van der Waals surface area contributed by atoms with Crippen molar-refractivity contribution in [3.63, 3.8) is 0 Å². The summed E-state index contributed by atoms with van der Waals surface area (Å²) >= 11 is 2.77. The minimum atomic E-state index is 0.0396. The molecule has 1 heteroatoms. The summed E-state index contributed by atoms with van der Waals surface area (Å²) in [4.78, 5) is 0. The normalized spacial score (nSPS) is 49.7. The van der Waals surface area contributed by atoms with Crippen LogP contribution in [0.4, 0.5) is 0 Å². The van der Waals surface area contributed by atoms with Crippen molar-refractivity contribution >= 4 is 22.6 Å². The monoisotopic (exact) mass is 454 g/mol. The van der Waals surface area contributed by atoms with Crippen molar-refractivity contribution in [1.29, 1.82) is 0 Å². The Morgan fingerprint density at radius 2 is 0.840 bits per heavy atom. The summed E-state index contributed by atoms with van der Waals surface area (Å²) in [6.07, 6.45) is 0. The van der Waals surface area contributed by atoms with Gasteiger partial charge < -0.3 is 0 Å². The van der Waals surface area contributed by atoms with E-state index in [0.717, 1.165) is 0 Å². The molecular weight excluding hydrogens is 415 g/mol. The summed E-state index contributed by atoms with van der Waals surface area (Å²) < 4.78 is 0.0728. The van der Waals surface area contributed by atoms with Crippen LogP contribution in [0.5, 0.6) is 0 Å². The third-order valence-corrected chi connectivity index (χ3v) is 11.8. The van der Waals surface area contributed by atoms with Gasteiger partial charge in [0.05, 0.1) is 3.42 Å². The van der Waals surface area contributed by atoms with Gasteiger partial charge in [-0.05, 0) is 59.3 Å². The molecule has 0 aliphatic heterocycles. The van der Waals surface area contributed by atoms with E-state index in [1.165, 1.54) is 0 Å². The molecule has 0 heterocycles. The van der Waals surface area contributed by atoms with E-state index < -0.39 is 0 Å². The minimum absolute atomic E-state index is 0.0396. The van der Waals surface area contributed by atoms with Crippen LogP contribution in [-0.4, -0.2) is 3.42 Å². The van der Waals surface area contributed by atoms with E-state index in [1.54, 1.807) is 33.4 Å². The molecule has 0 aromatic carbocycles. The van der Waals surface area contributed by atoms with Crippen LogP contribution in [0, 0.1) is 21.7 Å². The van der Waals surface area contributed by atoms with E-state index in [2.05, 4.69) is 113 Å². The van der Waals surface area contributed by atoms with E-state index in [1.807, 2.05) is 0 Å². The van der Waals surface area contributed by atoms with Crippen molar-refractivity contribution in [2.45, 2.75) is 93.4 Å². The maximum Gasteiger partial charge on any atom is 0.0501 e. The summed E-state index contributed by atoms with van der Waals surface area (Å²) in [7, 11) is 0. The summed E-state index contributed by atoms with van der Waals surface area (Å²) in [6, 6.07) is 0. The average Bonchev–Trinajstić information content (AvgIpc) is 2.53. The topological polar surface area (TPSA) is 0 Å². The summed E-state index contributed by atoms with van der Waals surface area (Å²) in [6.45, 7) is 31.8. The standard InChI is InChI=1S/C24H39I/c1-14-16(3)22(11)17(4)19(6)24(13,25)23(12,21(14,9)10)18(5)15(2)20(22,7)8/h1-13H3/b16-14+,18-15-,19-17-. The molecule has 0 aromatic heterocycles. The SMILES string of the molecule is C/C1=C(\C)C2(C)C(C)(I)/C(C)=C(/C)C(C)(/C(C)=C(\C)C2(C)C)C1(C)C. The van der Waals surface area contributed by atoms with Crippen LogP contribution in [0.3, 0.4) is 0 Å². The summed E-state index contributed by atoms with van der Waals surface area (Å²) in [5.41, 5.74) is 9.74. The highest BCUT2D eigenvalue weighted by molar-refractivity contribution is 14.1. The molecule has 0 spiro atoms. The highest BCUT2D eigenvalue weighted by Gasteiger charge is 2.62. The Hall–Kier alpha value is -0.0500. The second kappa shape index (κ2) is 5.49.